The number of rotatable bonds is 3. The van der Waals surface area contributed by atoms with Gasteiger partial charge in [0.25, 0.3) is 0 Å². The van der Waals surface area contributed by atoms with E-state index in [1.54, 1.807) is 0 Å². The van der Waals surface area contributed by atoms with Crippen molar-refractivity contribution in [1.82, 2.24) is 4.90 Å². The summed E-state index contributed by atoms with van der Waals surface area (Å²) in [5.74, 6) is 0. The zero-order chi connectivity index (χ0) is 10.8. The van der Waals surface area contributed by atoms with Gasteiger partial charge in [-0.15, -0.1) is 0 Å². The lowest BCUT2D eigenvalue weighted by Gasteiger charge is -2.10. The Morgan fingerprint density at radius 1 is 1.27 bits per heavy atom. The van der Waals surface area contributed by atoms with E-state index in [9.17, 15) is 4.21 Å². The standard InChI is InChI=1S/C12H15NOS/c1-13(2)8-7-10-9-15(14)12-6-4-3-5-11(10)12/h3-6,9H,7-8H2,1-2H3. The summed E-state index contributed by atoms with van der Waals surface area (Å²) >= 11 is 0. The van der Waals surface area contributed by atoms with Crippen LogP contribution < -0.4 is 0 Å². The predicted molar refractivity (Wildman–Crippen MR) is 64.0 cm³/mol. The summed E-state index contributed by atoms with van der Waals surface area (Å²) < 4.78 is 11.7. The number of nitrogens with zero attached hydrogens (tertiary/aromatic N) is 1. The first kappa shape index (κ1) is 10.6. The Kier molecular flexibility index (Phi) is 3.03. The molecule has 0 radical (unpaired) electrons. The lowest BCUT2D eigenvalue weighted by Crippen LogP contribution is -2.12. The molecule has 0 saturated heterocycles. The fourth-order valence-corrected chi connectivity index (χ4v) is 2.96. The Labute approximate surface area is 93.1 Å². The molecule has 0 fully saturated rings. The minimum Gasteiger partial charge on any atom is -0.309 e. The molecule has 0 aliphatic carbocycles. The van der Waals surface area contributed by atoms with E-state index in [4.69, 9.17) is 0 Å². The van der Waals surface area contributed by atoms with E-state index in [-0.39, 0.29) is 0 Å². The number of benzene rings is 1. The minimum absolute atomic E-state index is 0.923. The number of hydrogen-bond donors (Lipinski definition) is 0. The predicted octanol–water partition coefficient (Wildman–Crippen LogP) is 2.10. The molecule has 15 heavy (non-hydrogen) atoms. The van der Waals surface area contributed by atoms with E-state index < -0.39 is 10.8 Å². The van der Waals surface area contributed by atoms with Crippen LogP contribution >= 0.6 is 0 Å². The quantitative estimate of drug-likeness (QED) is 0.779. The summed E-state index contributed by atoms with van der Waals surface area (Å²) in [5, 5.41) is 1.88. The molecule has 1 aliphatic rings. The topological polar surface area (TPSA) is 20.3 Å². The van der Waals surface area contributed by atoms with Gasteiger partial charge < -0.3 is 4.90 Å². The third-order valence-corrected chi connectivity index (χ3v) is 3.82. The van der Waals surface area contributed by atoms with E-state index in [0.717, 1.165) is 23.4 Å². The summed E-state index contributed by atoms with van der Waals surface area (Å²) in [5.41, 5.74) is 2.38. The van der Waals surface area contributed by atoms with Crippen molar-refractivity contribution in [2.45, 2.75) is 11.3 Å². The largest absolute Gasteiger partial charge is 0.309 e. The Bertz CT molecular complexity index is 423. The molecule has 0 saturated carbocycles. The van der Waals surface area contributed by atoms with Crippen molar-refractivity contribution in [3.63, 3.8) is 0 Å². The van der Waals surface area contributed by atoms with Crippen molar-refractivity contribution in [3.05, 3.63) is 35.2 Å². The van der Waals surface area contributed by atoms with Crippen molar-refractivity contribution in [2.24, 2.45) is 0 Å². The van der Waals surface area contributed by atoms with E-state index in [2.05, 4.69) is 25.1 Å². The van der Waals surface area contributed by atoms with Gasteiger partial charge >= 0.3 is 0 Å². The smallest absolute Gasteiger partial charge is 0.0785 e. The Morgan fingerprint density at radius 3 is 2.73 bits per heavy atom. The van der Waals surface area contributed by atoms with Crippen molar-refractivity contribution in [2.75, 3.05) is 20.6 Å². The maximum absolute atomic E-state index is 11.7. The highest BCUT2D eigenvalue weighted by Gasteiger charge is 2.18. The highest BCUT2D eigenvalue weighted by atomic mass is 32.2. The molecule has 1 atom stereocenters. The average Bonchev–Trinajstić information content (AvgIpc) is 2.54. The third kappa shape index (κ3) is 2.19. The van der Waals surface area contributed by atoms with Gasteiger partial charge in [0.05, 0.1) is 15.7 Å². The number of fused-ring (bicyclic) bond motifs is 1. The van der Waals surface area contributed by atoms with Gasteiger partial charge in [-0.1, -0.05) is 18.2 Å². The highest BCUT2D eigenvalue weighted by molar-refractivity contribution is 7.88. The molecule has 0 bridgehead atoms. The van der Waals surface area contributed by atoms with E-state index >= 15 is 0 Å². The van der Waals surface area contributed by atoms with Crippen LogP contribution in [0.1, 0.15) is 12.0 Å². The summed E-state index contributed by atoms with van der Waals surface area (Å²) in [4.78, 5) is 3.11. The molecular weight excluding hydrogens is 206 g/mol. The highest BCUT2D eigenvalue weighted by Crippen LogP contribution is 2.32. The molecule has 0 N–H and O–H groups in total. The molecule has 1 aliphatic heterocycles. The lowest BCUT2D eigenvalue weighted by atomic mass is 10.0. The molecule has 1 unspecified atom stereocenters. The van der Waals surface area contributed by atoms with Crippen LogP contribution in [0.2, 0.25) is 0 Å². The summed E-state index contributed by atoms with van der Waals surface area (Å²) in [6, 6.07) is 7.96. The van der Waals surface area contributed by atoms with Crippen LogP contribution in [0.15, 0.2) is 34.6 Å². The molecule has 0 amide bonds. The second kappa shape index (κ2) is 4.29. The van der Waals surface area contributed by atoms with Gasteiger partial charge in [0, 0.05) is 12.0 Å². The molecule has 2 rings (SSSR count). The van der Waals surface area contributed by atoms with Gasteiger partial charge in [-0.2, -0.15) is 0 Å². The summed E-state index contributed by atoms with van der Waals surface area (Å²) in [6.07, 6.45) is 0.968. The fourth-order valence-electron chi connectivity index (χ4n) is 1.70. The first-order valence-corrected chi connectivity index (χ1v) is 6.25. The van der Waals surface area contributed by atoms with Gasteiger partial charge in [-0.25, -0.2) is 4.21 Å². The summed E-state index contributed by atoms with van der Waals surface area (Å²) in [7, 11) is 3.18. The van der Waals surface area contributed by atoms with Crippen LogP contribution in [0, 0.1) is 0 Å². The molecule has 0 spiro atoms. The Morgan fingerprint density at radius 2 is 2.00 bits per heavy atom. The maximum atomic E-state index is 11.7. The molecule has 80 valence electrons. The van der Waals surface area contributed by atoms with Crippen molar-refractivity contribution in [1.29, 1.82) is 0 Å². The van der Waals surface area contributed by atoms with Crippen molar-refractivity contribution >= 4 is 16.4 Å². The van der Waals surface area contributed by atoms with E-state index in [0.29, 0.717) is 0 Å². The summed E-state index contributed by atoms with van der Waals surface area (Å²) in [6.45, 7) is 0.997. The van der Waals surface area contributed by atoms with Gasteiger partial charge in [-0.3, -0.25) is 0 Å². The Balaban J connectivity index is 2.22. The van der Waals surface area contributed by atoms with Crippen molar-refractivity contribution in [3.8, 4) is 0 Å². The maximum Gasteiger partial charge on any atom is 0.0785 e. The normalized spacial score (nSPS) is 19.1. The zero-order valence-corrected chi connectivity index (χ0v) is 9.88. The van der Waals surface area contributed by atoms with Gasteiger partial charge in [0.1, 0.15) is 0 Å². The molecule has 0 aromatic heterocycles. The van der Waals surface area contributed by atoms with Crippen LogP contribution in [0.3, 0.4) is 0 Å². The van der Waals surface area contributed by atoms with E-state index in [1.165, 1.54) is 5.57 Å². The molecule has 2 nitrogen and oxygen atoms in total. The molecule has 1 aromatic rings. The van der Waals surface area contributed by atoms with Crippen LogP contribution in [-0.4, -0.2) is 29.7 Å². The third-order valence-electron chi connectivity index (χ3n) is 2.53. The minimum atomic E-state index is -0.923. The average molecular weight is 221 g/mol. The van der Waals surface area contributed by atoms with Gasteiger partial charge in [0.15, 0.2) is 0 Å². The first-order valence-electron chi connectivity index (χ1n) is 5.04. The molecule has 1 aromatic carbocycles. The van der Waals surface area contributed by atoms with Gasteiger partial charge in [0.2, 0.25) is 0 Å². The van der Waals surface area contributed by atoms with Crippen LogP contribution in [0.25, 0.3) is 5.57 Å². The van der Waals surface area contributed by atoms with Crippen LogP contribution in [0.5, 0.6) is 0 Å². The number of hydrogen-bond acceptors (Lipinski definition) is 2. The van der Waals surface area contributed by atoms with Crippen LogP contribution in [0.4, 0.5) is 0 Å². The van der Waals surface area contributed by atoms with Crippen LogP contribution in [-0.2, 0) is 10.8 Å². The first-order chi connectivity index (χ1) is 7.18. The monoisotopic (exact) mass is 221 g/mol. The van der Waals surface area contributed by atoms with Gasteiger partial charge in [-0.05, 0) is 37.7 Å². The van der Waals surface area contributed by atoms with E-state index in [1.807, 2.05) is 23.6 Å². The fraction of sp³-hybridized carbons (Fsp3) is 0.333. The second-order valence-corrected chi connectivity index (χ2v) is 5.26. The lowest BCUT2D eigenvalue weighted by molar-refractivity contribution is 0.419. The second-order valence-electron chi connectivity index (χ2n) is 3.99. The van der Waals surface area contributed by atoms with Crippen molar-refractivity contribution < 1.29 is 4.21 Å². The molecule has 1 heterocycles. The molecular formula is C12H15NOS. The zero-order valence-electron chi connectivity index (χ0n) is 9.06. The molecule has 3 heteroatoms. The SMILES string of the molecule is CN(C)CCC1=CS(=O)c2ccccc21. The Hall–Kier alpha value is -0.930.